The maximum Gasteiger partial charge on any atom is 0.341 e. The zero-order valence-electron chi connectivity index (χ0n) is 9.37. The first-order chi connectivity index (χ1) is 7.49. The molecule has 0 saturated carbocycles. The van der Waals surface area contributed by atoms with Gasteiger partial charge >= 0.3 is 5.97 Å². The highest BCUT2D eigenvalue weighted by molar-refractivity contribution is 6.32. The fraction of sp³-hybridized carbons (Fsp3) is 0.417. The van der Waals surface area contributed by atoms with Gasteiger partial charge in [0, 0.05) is 0 Å². The molecule has 0 aromatic heterocycles. The third kappa shape index (κ3) is 4.11. The molecule has 0 heterocycles. The lowest BCUT2D eigenvalue weighted by atomic mass is 10.0. The van der Waals surface area contributed by atoms with Gasteiger partial charge in [0.2, 0.25) is 0 Å². The molecule has 0 spiro atoms. The van der Waals surface area contributed by atoms with E-state index in [2.05, 4.69) is 13.8 Å². The van der Waals surface area contributed by atoms with Crippen LogP contribution < -0.4 is 4.74 Å². The predicted molar refractivity (Wildman–Crippen MR) is 63.1 cm³/mol. The molecular weight excluding hydrogens is 228 g/mol. The topological polar surface area (TPSA) is 46.5 Å². The second kappa shape index (κ2) is 5.75. The van der Waals surface area contributed by atoms with Crippen LogP contribution in [0.1, 0.15) is 19.4 Å². The van der Waals surface area contributed by atoms with Crippen LogP contribution in [0.5, 0.6) is 5.75 Å². The number of ether oxygens (including phenoxy) is 1. The summed E-state index contributed by atoms with van der Waals surface area (Å²) in [5.41, 5.74) is 1.13. The Labute approximate surface area is 100.0 Å². The molecule has 88 valence electrons. The maximum absolute atomic E-state index is 10.3. The van der Waals surface area contributed by atoms with Gasteiger partial charge in [-0.1, -0.05) is 31.5 Å². The van der Waals surface area contributed by atoms with Crippen molar-refractivity contribution >= 4 is 17.6 Å². The molecule has 0 aliphatic rings. The Morgan fingerprint density at radius 1 is 1.50 bits per heavy atom. The summed E-state index contributed by atoms with van der Waals surface area (Å²) < 4.78 is 5.03. The van der Waals surface area contributed by atoms with E-state index >= 15 is 0 Å². The van der Waals surface area contributed by atoms with Crippen molar-refractivity contribution in [3.63, 3.8) is 0 Å². The Morgan fingerprint density at radius 2 is 2.19 bits per heavy atom. The first-order valence-corrected chi connectivity index (χ1v) is 5.50. The van der Waals surface area contributed by atoms with Crippen LogP contribution in [0.4, 0.5) is 0 Å². The first kappa shape index (κ1) is 12.8. The van der Waals surface area contributed by atoms with E-state index in [-0.39, 0.29) is 6.61 Å². The van der Waals surface area contributed by atoms with Crippen molar-refractivity contribution in [3.05, 3.63) is 28.8 Å². The molecule has 0 radical (unpaired) electrons. The molecule has 1 rings (SSSR count). The minimum atomic E-state index is -1.01. The molecule has 1 aromatic carbocycles. The average molecular weight is 243 g/mol. The predicted octanol–water partition coefficient (Wildman–Crippen LogP) is 3.00. The Kier molecular flexibility index (Phi) is 4.62. The molecule has 3 nitrogen and oxygen atoms in total. The molecule has 0 saturated heterocycles. The minimum Gasteiger partial charge on any atom is -0.480 e. The van der Waals surface area contributed by atoms with Crippen LogP contribution in [-0.4, -0.2) is 17.7 Å². The Hall–Kier alpha value is -1.22. The fourth-order valence-electron chi connectivity index (χ4n) is 1.40. The highest BCUT2D eigenvalue weighted by Crippen LogP contribution is 2.26. The van der Waals surface area contributed by atoms with E-state index in [4.69, 9.17) is 21.4 Å². The summed E-state index contributed by atoms with van der Waals surface area (Å²) in [6.45, 7) is 3.88. The molecule has 0 aliphatic carbocycles. The van der Waals surface area contributed by atoms with Gasteiger partial charge in [-0.15, -0.1) is 0 Å². The van der Waals surface area contributed by atoms with Gasteiger partial charge < -0.3 is 9.84 Å². The summed E-state index contributed by atoms with van der Waals surface area (Å²) in [5.74, 6) is -0.0410. The molecule has 0 amide bonds. The normalized spacial score (nSPS) is 10.5. The third-order valence-electron chi connectivity index (χ3n) is 1.99. The summed E-state index contributed by atoms with van der Waals surface area (Å²) in [4.78, 5) is 10.3. The zero-order chi connectivity index (χ0) is 12.1. The molecule has 0 atom stereocenters. The summed E-state index contributed by atoms with van der Waals surface area (Å²) in [7, 11) is 0. The number of hydrogen-bond acceptors (Lipinski definition) is 2. The van der Waals surface area contributed by atoms with Gasteiger partial charge in [-0.3, -0.25) is 0 Å². The summed E-state index contributed by atoms with van der Waals surface area (Å²) in [5, 5.41) is 8.93. The lowest BCUT2D eigenvalue weighted by Crippen LogP contribution is -2.09. The van der Waals surface area contributed by atoms with Crippen molar-refractivity contribution < 1.29 is 14.6 Å². The van der Waals surface area contributed by atoms with E-state index in [9.17, 15) is 4.79 Å². The summed E-state index contributed by atoms with van der Waals surface area (Å²) >= 11 is 5.98. The summed E-state index contributed by atoms with van der Waals surface area (Å²) in [6, 6.07) is 5.44. The van der Waals surface area contributed by atoms with Gasteiger partial charge in [-0.2, -0.15) is 0 Å². The van der Waals surface area contributed by atoms with E-state index in [1.807, 2.05) is 12.1 Å². The fourth-order valence-corrected chi connectivity index (χ4v) is 1.66. The number of carboxylic acid groups (broad SMARTS) is 1. The van der Waals surface area contributed by atoms with E-state index in [0.29, 0.717) is 16.7 Å². The highest BCUT2D eigenvalue weighted by atomic mass is 35.5. The van der Waals surface area contributed by atoms with Crippen molar-refractivity contribution in [3.8, 4) is 5.75 Å². The van der Waals surface area contributed by atoms with Crippen LogP contribution in [0.25, 0.3) is 0 Å². The van der Waals surface area contributed by atoms with Crippen molar-refractivity contribution in [2.24, 2.45) is 5.92 Å². The zero-order valence-corrected chi connectivity index (χ0v) is 10.1. The molecule has 1 N–H and O–H groups in total. The lowest BCUT2D eigenvalue weighted by Gasteiger charge is -2.09. The van der Waals surface area contributed by atoms with Gasteiger partial charge in [0.15, 0.2) is 6.61 Å². The molecule has 0 bridgehead atoms. The van der Waals surface area contributed by atoms with Crippen LogP contribution in [-0.2, 0) is 11.2 Å². The summed E-state index contributed by atoms with van der Waals surface area (Å²) in [6.07, 6.45) is 0.943. The van der Waals surface area contributed by atoms with Crippen molar-refractivity contribution in [1.82, 2.24) is 0 Å². The van der Waals surface area contributed by atoms with Crippen molar-refractivity contribution in [2.75, 3.05) is 6.61 Å². The van der Waals surface area contributed by atoms with E-state index in [1.165, 1.54) is 0 Å². The quantitative estimate of drug-likeness (QED) is 0.864. The number of carboxylic acids is 1. The largest absolute Gasteiger partial charge is 0.480 e. The molecule has 0 aliphatic heterocycles. The lowest BCUT2D eigenvalue weighted by molar-refractivity contribution is -0.139. The molecular formula is C12H15ClO3. The van der Waals surface area contributed by atoms with E-state index in [0.717, 1.165) is 12.0 Å². The molecule has 4 heteroatoms. The van der Waals surface area contributed by atoms with Gasteiger partial charge in [-0.25, -0.2) is 4.79 Å². The molecule has 0 fully saturated rings. The Balaban J connectivity index is 2.71. The van der Waals surface area contributed by atoms with Crippen molar-refractivity contribution in [2.45, 2.75) is 20.3 Å². The second-order valence-electron chi connectivity index (χ2n) is 4.05. The Morgan fingerprint density at radius 3 is 2.69 bits per heavy atom. The second-order valence-corrected chi connectivity index (χ2v) is 4.45. The number of carbonyl (C=O) groups is 1. The monoisotopic (exact) mass is 242 g/mol. The number of halogens is 1. The van der Waals surface area contributed by atoms with Gasteiger partial charge in [-0.05, 0) is 30.0 Å². The van der Waals surface area contributed by atoms with Gasteiger partial charge in [0.25, 0.3) is 0 Å². The Bertz CT molecular complexity index is 375. The standard InChI is InChI=1S/C12H15ClO3/c1-8(2)5-9-3-4-11(10(13)6-9)16-7-12(14)15/h3-4,6,8H,5,7H2,1-2H3,(H,14,15). The van der Waals surface area contributed by atoms with Gasteiger partial charge in [0.05, 0.1) is 5.02 Å². The van der Waals surface area contributed by atoms with Crippen LogP contribution in [0.2, 0.25) is 5.02 Å². The average Bonchev–Trinajstić information content (AvgIpc) is 2.15. The number of rotatable bonds is 5. The molecule has 16 heavy (non-hydrogen) atoms. The number of benzene rings is 1. The number of aliphatic carboxylic acids is 1. The smallest absolute Gasteiger partial charge is 0.341 e. The van der Waals surface area contributed by atoms with Crippen LogP contribution in [0.3, 0.4) is 0 Å². The van der Waals surface area contributed by atoms with E-state index < -0.39 is 5.97 Å². The molecule has 0 unspecified atom stereocenters. The number of hydrogen-bond donors (Lipinski definition) is 1. The van der Waals surface area contributed by atoms with Gasteiger partial charge in [0.1, 0.15) is 5.75 Å². The van der Waals surface area contributed by atoms with E-state index in [1.54, 1.807) is 6.07 Å². The molecule has 1 aromatic rings. The van der Waals surface area contributed by atoms with Crippen LogP contribution in [0.15, 0.2) is 18.2 Å². The van der Waals surface area contributed by atoms with Crippen molar-refractivity contribution in [1.29, 1.82) is 0 Å². The first-order valence-electron chi connectivity index (χ1n) is 5.12. The minimum absolute atomic E-state index is 0.372. The SMILES string of the molecule is CC(C)Cc1ccc(OCC(=O)O)c(Cl)c1. The van der Waals surface area contributed by atoms with Crippen LogP contribution >= 0.6 is 11.6 Å². The third-order valence-corrected chi connectivity index (χ3v) is 2.29. The highest BCUT2D eigenvalue weighted by Gasteiger charge is 2.06. The maximum atomic E-state index is 10.3. The van der Waals surface area contributed by atoms with Crippen LogP contribution in [0, 0.1) is 5.92 Å².